The van der Waals surface area contributed by atoms with E-state index in [1.807, 2.05) is 6.07 Å². The van der Waals surface area contributed by atoms with E-state index >= 15 is 0 Å². The lowest BCUT2D eigenvalue weighted by Gasteiger charge is -2.35. The SMILES string of the molecule is CCCC[C@@H]1C[C@H](CC(C)C)OB(c2ccccc2)O1. The molecule has 110 valence electrons. The van der Waals surface area contributed by atoms with Gasteiger partial charge in [-0.3, -0.25) is 0 Å². The fraction of sp³-hybridized carbons (Fsp3) is 0.647. The van der Waals surface area contributed by atoms with Gasteiger partial charge in [-0.05, 0) is 30.6 Å². The predicted octanol–water partition coefficient (Wildman–Crippen LogP) is 3.79. The van der Waals surface area contributed by atoms with Crippen molar-refractivity contribution in [2.45, 2.75) is 65.1 Å². The van der Waals surface area contributed by atoms with Crippen LogP contribution in [0.2, 0.25) is 0 Å². The Kier molecular flexibility index (Phi) is 6.12. The second-order valence-corrected chi connectivity index (χ2v) is 6.27. The Morgan fingerprint density at radius 1 is 1.15 bits per heavy atom. The van der Waals surface area contributed by atoms with Crippen LogP contribution in [0, 0.1) is 5.92 Å². The van der Waals surface area contributed by atoms with Crippen LogP contribution in [0.15, 0.2) is 30.3 Å². The molecule has 1 fully saturated rings. The smallest absolute Gasteiger partial charge is 0.404 e. The van der Waals surface area contributed by atoms with E-state index in [2.05, 4.69) is 45.0 Å². The van der Waals surface area contributed by atoms with Crippen molar-refractivity contribution in [1.82, 2.24) is 0 Å². The molecule has 0 radical (unpaired) electrons. The molecule has 0 bridgehead atoms. The van der Waals surface area contributed by atoms with Gasteiger partial charge in [-0.1, -0.05) is 63.9 Å². The molecule has 0 aromatic heterocycles. The van der Waals surface area contributed by atoms with Gasteiger partial charge in [-0.15, -0.1) is 0 Å². The first kappa shape index (κ1) is 15.6. The molecule has 1 heterocycles. The summed E-state index contributed by atoms with van der Waals surface area (Å²) in [5, 5.41) is 0. The van der Waals surface area contributed by atoms with Crippen LogP contribution in [0.4, 0.5) is 0 Å². The average molecular weight is 274 g/mol. The zero-order chi connectivity index (χ0) is 14.4. The van der Waals surface area contributed by atoms with E-state index in [4.69, 9.17) is 9.31 Å². The molecule has 1 saturated heterocycles. The van der Waals surface area contributed by atoms with Gasteiger partial charge in [0.15, 0.2) is 0 Å². The molecule has 0 aliphatic carbocycles. The standard InChI is InChI=1S/C17H27BO2/c1-4-5-11-16-13-17(12-14(2)3)20-18(19-16)15-9-7-6-8-10-15/h6-10,14,16-17H,4-5,11-13H2,1-3H3/t16-,17+/m1/s1. The second-order valence-electron chi connectivity index (χ2n) is 6.27. The summed E-state index contributed by atoms with van der Waals surface area (Å²) in [5.74, 6) is 0.668. The first-order chi connectivity index (χ1) is 9.69. The number of rotatable bonds is 6. The van der Waals surface area contributed by atoms with Gasteiger partial charge in [0.2, 0.25) is 0 Å². The summed E-state index contributed by atoms with van der Waals surface area (Å²) in [7, 11) is -0.185. The molecule has 1 aromatic carbocycles. The second kappa shape index (κ2) is 7.85. The summed E-state index contributed by atoms with van der Waals surface area (Å²) in [6, 6.07) is 10.3. The highest BCUT2D eigenvalue weighted by molar-refractivity contribution is 6.61. The topological polar surface area (TPSA) is 18.5 Å². The Bertz CT molecular complexity index is 380. The molecule has 0 N–H and O–H groups in total. The molecular formula is C17H27BO2. The minimum absolute atomic E-state index is 0.185. The Labute approximate surface area is 124 Å². The zero-order valence-electron chi connectivity index (χ0n) is 13.0. The van der Waals surface area contributed by atoms with Gasteiger partial charge in [0.1, 0.15) is 0 Å². The number of hydrogen-bond acceptors (Lipinski definition) is 2. The zero-order valence-corrected chi connectivity index (χ0v) is 13.0. The summed E-state index contributed by atoms with van der Waals surface area (Å²) < 4.78 is 12.3. The van der Waals surface area contributed by atoms with Crippen LogP contribution in [0.3, 0.4) is 0 Å². The van der Waals surface area contributed by atoms with E-state index in [0.717, 1.165) is 24.7 Å². The molecule has 0 saturated carbocycles. The fourth-order valence-corrected chi connectivity index (χ4v) is 2.85. The molecular weight excluding hydrogens is 247 g/mol. The summed E-state index contributed by atoms with van der Waals surface area (Å²) in [6.45, 7) is 6.76. The lowest BCUT2D eigenvalue weighted by Crippen LogP contribution is -2.48. The van der Waals surface area contributed by atoms with E-state index in [1.54, 1.807) is 0 Å². The number of hydrogen-bond donors (Lipinski definition) is 0. The quantitative estimate of drug-likeness (QED) is 0.735. The van der Waals surface area contributed by atoms with Crippen molar-refractivity contribution in [3.63, 3.8) is 0 Å². The van der Waals surface area contributed by atoms with E-state index in [9.17, 15) is 0 Å². The number of unbranched alkanes of at least 4 members (excludes halogenated alkanes) is 1. The highest BCUT2D eigenvalue weighted by atomic mass is 16.6. The fourth-order valence-electron chi connectivity index (χ4n) is 2.85. The van der Waals surface area contributed by atoms with E-state index < -0.39 is 0 Å². The Balaban J connectivity index is 2.03. The lowest BCUT2D eigenvalue weighted by atomic mass is 9.76. The average Bonchev–Trinajstić information content (AvgIpc) is 2.45. The maximum absolute atomic E-state index is 6.17. The number of benzene rings is 1. The van der Waals surface area contributed by atoms with Crippen LogP contribution in [0.1, 0.15) is 52.9 Å². The minimum Gasteiger partial charge on any atom is -0.404 e. The van der Waals surface area contributed by atoms with Crippen LogP contribution in [-0.2, 0) is 9.31 Å². The van der Waals surface area contributed by atoms with Crippen LogP contribution in [0.25, 0.3) is 0 Å². The minimum atomic E-state index is -0.185. The molecule has 3 heteroatoms. The van der Waals surface area contributed by atoms with Gasteiger partial charge < -0.3 is 9.31 Å². The highest BCUT2D eigenvalue weighted by Gasteiger charge is 2.35. The molecule has 2 nitrogen and oxygen atoms in total. The maximum atomic E-state index is 6.17. The molecule has 1 aliphatic rings. The summed E-state index contributed by atoms with van der Waals surface area (Å²) in [4.78, 5) is 0. The van der Waals surface area contributed by atoms with Crippen molar-refractivity contribution in [3.05, 3.63) is 30.3 Å². The van der Waals surface area contributed by atoms with Crippen LogP contribution in [-0.4, -0.2) is 19.3 Å². The predicted molar refractivity (Wildman–Crippen MR) is 85.2 cm³/mol. The van der Waals surface area contributed by atoms with E-state index in [0.29, 0.717) is 18.1 Å². The third-order valence-corrected chi connectivity index (χ3v) is 3.84. The summed E-state index contributed by atoms with van der Waals surface area (Å²) in [6.07, 6.45) is 6.45. The van der Waals surface area contributed by atoms with Crippen molar-refractivity contribution in [3.8, 4) is 0 Å². The normalized spacial score (nSPS) is 23.3. The molecule has 1 aliphatic heterocycles. The van der Waals surface area contributed by atoms with Gasteiger partial charge >= 0.3 is 7.12 Å². The van der Waals surface area contributed by atoms with Crippen molar-refractivity contribution in [1.29, 1.82) is 0 Å². The van der Waals surface area contributed by atoms with Crippen molar-refractivity contribution >= 4 is 12.6 Å². The van der Waals surface area contributed by atoms with E-state index in [-0.39, 0.29) is 7.12 Å². The van der Waals surface area contributed by atoms with Crippen molar-refractivity contribution in [2.75, 3.05) is 0 Å². The van der Waals surface area contributed by atoms with Crippen LogP contribution in [0.5, 0.6) is 0 Å². The molecule has 2 rings (SSSR count). The summed E-state index contributed by atoms with van der Waals surface area (Å²) in [5.41, 5.74) is 1.14. The highest BCUT2D eigenvalue weighted by Crippen LogP contribution is 2.24. The third-order valence-electron chi connectivity index (χ3n) is 3.84. The molecule has 1 aromatic rings. The molecule has 0 unspecified atom stereocenters. The van der Waals surface area contributed by atoms with Gasteiger partial charge in [0.25, 0.3) is 0 Å². The Hall–Kier alpha value is -0.795. The lowest BCUT2D eigenvalue weighted by molar-refractivity contribution is 0.00921. The van der Waals surface area contributed by atoms with Gasteiger partial charge in [-0.2, -0.15) is 0 Å². The van der Waals surface area contributed by atoms with Crippen LogP contribution < -0.4 is 5.46 Å². The van der Waals surface area contributed by atoms with Gasteiger partial charge in [0, 0.05) is 12.2 Å². The summed E-state index contributed by atoms with van der Waals surface area (Å²) >= 11 is 0. The molecule has 20 heavy (non-hydrogen) atoms. The van der Waals surface area contributed by atoms with Crippen molar-refractivity contribution < 1.29 is 9.31 Å². The van der Waals surface area contributed by atoms with Gasteiger partial charge in [0.05, 0.1) is 0 Å². The van der Waals surface area contributed by atoms with E-state index in [1.165, 1.54) is 12.8 Å². The maximum Gasteiger partial charge on any atom is 0.494 e. The van der Waals surface area contributed by atoms with Gasteiger partial charge in [-0.25, -0.2) is 0 Å². The van der Waals surface area contributed by atoms with Crippen LogP contribution >= 0.6 is 0 Å². The largest absolute Gasteiger partial charge is 0.494 e. The van der Waals surface area contributed by atoms with Crippen molar-refractivity contribution in [2.24, 2.45) is 5.92 Å². The Morgan fingerprint density at radius 2 is 1.85 bits per heavy atom. The molecule has 0 amide bonds. The monoisotopic (exact) mass is 274 g/mol. The first-order valence-electron chi connectivity index (χ1n) is 8.05. The first-order valence-corrected chi connectivity index (χ1v) is 8.05. The molecule has 2 atom stereocenters. The molecule has 0 spiro atoms. The Morgan fingerprint density at radius 3 is 2.50 bits per heavy atom. The third kappa shape index (κ3) is 4.64.